The summed E-state index contributed by atoms with van der Waals surface area (Å²) in [5.74, 6) is -0.321. The van der Waals surface area contributed by atoms with E-state index in [1.165, 1.54) is 11.6 Å². The lowest BCUT2D eigenvalue weighted by atomic mass is 10.1. The fourth-order valence-electron chi connectivity index (χ4n) is 2.07. The summed E-state index contributed by atoms with van der Waals surface area (Å²) in [6.45, 7) is 2.74. The van der Waals surface area contributed by atoms with Crippen molar-refractivity contribution in [1.29, 1.82) is 0 Å². The van der Waals surface area contributed by atoms with Gasteiger partial charge < -0.3 is 15.2 Å². The van der Waals surface area contributed by atoms with Crippen LogP contribution in [-0.4, -0.2) is 18.2 Å². The number of hydrogen-bond donors (Lipinski definition) is 2. The number of anilines is 1. The lowest BCUT2D eigenvalue weighted by Crippen LogP contribution is -2.04. The van der Waals surface area contributed by atoms with Gasteiger partial charge >= 0.3 is 5.97 Å². The molecule has 0 saturated heterocycles. The predicted octanol–water partition coefficient (Wildman–Crippen LogP) is 3.57. The molecule has 0 spiro atoms. The maximum absolute atomic E-state index is 11.0. The highest BCUT2D eigenvalue weighted by Crippen LogP contribution is 2.26. The maximum Gasteiger partial charge on any atom is 0.335 e. The molecular formula is C17H19NO3. The highest BCUT2D eigenvalue weighted by atomic mass is 16.5. The molecule has 0 unspecified atom stereocenters. The highest BCUT2D eigenvalue weighted by Gasteiger charge is 2.08. The number of carbonyl (C=O) groups is 1. The molecule has 2 N–H and O–H groups in total. The molecule has 4 heteroatoms. The van der Waals surface area contributed by atoms with Gasteiger partial charge in [-0.2, -0.15) is 0 Å². The van der Waals surface area contributed by atoms with Crippen LogP contribution in [0, 0.1) is 0 Å². The van der Waals surface area contributed by atoms with E-state index < -0.39 is 5.97 Å². The fourth-order valence-corrected chi connectivity index (χ4v) is 2.07. The van der Waals surface area contributed by atoms with Crippen LogP contribution >= 0.6 is 0 Å². The first kappa shape index (κ1) is 14.9. The molecule has 0 heterocycles. The molecule has 0 aliphatic heterocycles. The minimum atomic E-state index is -0.951. The summed E-state index contributed by atoms with van der Waals surface area (Å²) in [5, 5.41) is 12.3. The molecule has 0 atom stereocenters. The third-order valence-electron chi connectivity index (χ3n) is 3.36. The highest BCUT2D eigenvalue weighted by molar-refractivity contribution is 5.89. The Morgan fingerprint density at radius 3 is 2.38 bits per heavy atom. The number of carboxylic acid groups (broad SMARTS) is 1. The van der Waals surface area contributed by atoms with Gasteiger partial charge in [-0.1, -0.05) is 31.2 Å². The zero-order valence-electron chi connectivity index (χ0n) is 12.2. The molecule has 0 aliphatic rings. The summed E-state index contributed by atoms with van der Waals surface area (Å²) in [6, 6.07) is 13.1. The summed E-state index contributed by atoms with van der Waals surface area (Å²) in [4.78, 5) is 11.0. The first-order valence-electron chi connectivity index (χ1n) is 6.87. The standard InChI is InChI=1S/C17H19NO3/c1-3-12-4-6-13(7-5-12)11-18-15-10-14(17(19)20)8-9-16(15)21-2/h4-10,18H,3,11H2,1-2H3,(H,19,20). The van der Waals surface area contributed by atoms with E-state index in [-0.39, 0.29) is 5.56 Å². The number of ether oxygens (including phenoxy) is 1. The van der Waals surface area contributed by atoms with Crippen molar-refractivity contribution in [2.24, 2.45) is 0 Å². The van der Waals surface area contributed by atoms with E-state index >= 15 is 0 Å². The molecule has 2 rings (SSSR count). The zero-order chi connectivity index (χ0) is 15.2. The van der Waals surface area contributed by atoms with Crippen molar-refractivity contribution in [3.63, 3.8) is 0 Å². The zero-order valence-corrected chi connectivity index (χ0v) is 12.2. The Balaban J connectivity index is 2.13. The van der Waals surface area contributed by atoms with Crippen molar-refractivity contribution in [2.45, 2.75) is 19.9 Å². The lowest BCUT2D eigenvalue weighted by molar-refractivity contribution is 0.0697. The third kappa shape index (κ3) is 3.75. The van der Waals surface area contributed by atoms with Crippen molar-refractivity contribution in [2.75, 3.05) is 12.4 Å². The molecule has 0 aromatic heterocycles. The third-order valence-corrected chi connectivity index (χ3v) is 3.36. The number of benzene rings is 2. The van der Waals surface area contributed by atoms with Gasteiger partial charge in [0.2, 0.25) is 0 Å². The van der Waals surface area contributed by atoms with Crippen LogP contribution in [0.25, 0.3) is 0 Å². The summed E-state index contributed by atoms with van der Waals surface area (Å²) in [7, 11) is 1.57. The number of hydrogen-bond acceptors (Lipinski definition) is 3. The van der Waals surface area contributed by atoms with E-state index in [1.807, 2.05) is 0 Å². The van der Waals surface area contributed by atoms with Crippen LogP contribution in [0.15, 0.2) is 42.5 Å². The van der Waals surface area contributed by atoms with Crippen molar-refractivity contribution in [3.8, 4) is 5.75 Å². The largest absolute Gasteiger partial charge is 0.495 e. The van der Waals surface area contributed by atoms with Gasteiger partial charge in [0.25, 0.3) is 0 Å². The minimum Gasteiger partial charge on any atom is -0.495 e. The first-order valence-corrected chi connectivity index (χ1v) is 6.87. The van der Waals surface area contributed by atoms with Gasteiger partial charge in [0.15, 0.2) is 0 Å². The number of methoxy groups -OCH3 is 1. The van der Waals surface area contributed by atoms with Gasteiger partial charge in [-0.3, -0.25) is 0 Å². The molecule has 4 nitrogen and oxygen atoms in total. The Bertz CT molecular complexity index is 620. The van der Waals surface area contributed by atoms with Crippen LogP contribution in [-0.2, 0) is 13.0 Å². The van der Waals surface area contributed by atoms with Crippen LogP contribution in [0.5, 0.6) is 5.75 Å². The average molecular weight is 285 g/mol. The Labute approximate surface area is 124 Å². The normalized spacial score (nSPS) is 10.2. The maximum atomic E-state index is 11.0. The number of aryl methyl sites for hydroxylation is 1. The van der Waals surface area contributed by atoms with Crippen molar-refractivity contribution >= 4 is 11.7 Å². The van der Waals surface area contributed by atoms with Crippen LogP contribution in [0.4, 0.5) is 5.69 Å². The summed E-state index contributed by atoms with van der Waals surface area (Å²) < 4.78 is 5.25. The molecule has 2 aromatic carbocycles. The molecule has 0 amide bonds. The van der Waals surface area contributed by atoms with E-state index in [4.69, 9.17) is 9.84 Å². The Morgan fingerprint density at radius 1 is 1.14 bits per heavy atom. The van der Waals surface area contributed by atoms with Gasteiger partial charge in [0, 0.05) is 6.54 Å². The second-order valence-corrected chi connectivity index (χ2v) is 4.74. The summed E-state index contributed by atoms with van der Waals surface area (Å²) >= 11 is 0. The van der Waals surface area contributed by atoms with Gasteiger partial charge in [0.1, 0.15) is 5.75 Å². The van der Waals surface area contributed by atoms with Crippen LogP contribution in [0.1, 0.15) is 28.4 Å². The van der Waals surface area contributed by atoms with E-state index in [9.17, 15) is 4.79 Å². The predicted molar refractivity (Wildman–Crippen MR) is 83.1 cm³/mol. The molecule has 0 bridgehead atoms. The van der Waals surface area contributed by atoms with E-state index in [0.29, 0.717) is 18.0 Å². The smallest absolute Gasteiger partial charge is 0.335 e. The first-order chi connectivity index (χ1) is 10.1. The number of aromatic carboxylic acids is 1. The van der Waals surface area contributed by atoms with Crippen LogP contribution < -0.4 is 10.1 Å². The van der Waals surface area contributed by atoms with E-state index in [1.54, 1.807) is 19.2 Å². The second-order valence-electron chi connectivity index (χ2n) is 4.74. The topological polar surface area (TPSA) is 58.6 Å². The molecule has 0 saturated carbocycles. The quantitative estimate of drug-likeness (QED) is 0.852. The lowest BCUT2D eigenvalue weighted by Gasteiger charge is -2.12. The monoisotopic (exact) mass is 285 g/mol. The Morgan fingerprint density at radius 2 is 1.81 bits per heavy atom. The van der Waals surface area contributed by atoms with Gasteiger partial charge in [-0.15, -0.1) is 0 Å². The molecule has 0 radical (unpaired) electrons. The van der Waals surface area contributed by atoms with E-state index in [0.717, 1.165) is 12.0 Å². The molecule has 21 heavy (non-hydrogen) atoms. The average Bonchev–Trinajstić information content (AvgIpc) is 2.53. The van der Waals surface area contributed by atoms with Gasteiger partial charge in [-0.05, 0) is 35.7 Å². The van der Waals surface area contributed by atoms with Gasteiger partial charge in [-0.25, -0.2) is 4.79 Å². The van der Waals surface area contributed by atoms with Crippen molar-refractivity contribution in [1.82, 2.24) is 0 Å². The number of carboxylic acids is 1. The van der Waals surface area contributed by atoms with Gasteiger partial charge in [0.05, 0.1) is 18.4 Å². The number of nitrogens with one attached hydrogen (secondary N) is 1. The Hall–Kier alpha value is -2.49. The molecule has 2 aromatic rings. The summed E-state index contributed by atoms with van der Waals surface area (Å²) in [5.41, 5.74) is 3.34. The molecular weight excluding hydrogens is 266 g/mol. The fraction of sp³-hybridized carbons (Fsp3) is 0.235. The number of rotatable bonds is 6. The van der Waals surface area contributed by atoms with Crippen LogP contribution in [0.3, 0.4) is 0 Å². The SMILES string of the molecule is CCc1ccc(CNc2cc(C(=O)O)ccc2OC)cc1. The second kappa shape index (κ2) is 6.79. The molecule has 110 valence electrons. The minimum absolute atomic E-state index is 0.236. The van der Waals surface area contributed by atoms with E-state index in [2.05, 4.69) is 36.5 Å². The van der Waals surface area contributed by atoms with Crippen molar-refractivity contribution in [3.05, 3.63) is 59.2 Å². The molecule has 0 aliphatic carbocycles. The molecule has 0 fully saturated rings. The Kier molecular flexibility index (Phi) is 4.82. The summed E-state index contributed by atoms with van der Waals surface area (Å²) in [6.07, 6.45) is 1.02. The van der Waals surface area contributed by atoms with Crippen molar-refractivity contribution < 1.29 is 14.6 Å². The van der Waals surface area contributed by atoms with Crippen LogP contribution in [0.2, 0.25) is 0 Å².